The fourth-order valence-corrected chi connectivity index (χ4v) is 2.99. The van der Waals surface area contributed by atoms with Gasteiger partial charge >= 0.3 is 5.69 Å². The highest BCUT2D eigenvalue weighted by Gasteiger charge is 2.30. The summed E-state index contributed by atoms with van der Waals surface area (Å²) in [6.45, 7) is 3.02. The summed E-state index contributed by atoms with van der Waals surface area (Å²) in [5.41, 5.74) is 1.79. The van der Waals surface area contributed by atoms with Crippen molar-refractivity contribution in [3.8, 4) is 0 Å². The molecular formula is C17H19N3O3. The number of benzene rings is 1. The van der Waals surface area contributed by atoms with Gasteiger partial charge in [0, 0.05) is 30.8 Å². The third kappa shape index (κ3) is 3.32. The van der Waals surface area contributed by atoms with Crippen LogP contribution in [0.4, 0.5) is 11.5 Å². The van der Waals surface area contributed by atoms with E-state index in [-0.39, 0.29) is 22.6 Å². The van der Waals surface area contributed by atoms with E-state index < -0.39 is 0 Å². The average molecular weight is 313 g/mol. The van der Waals surface area contributed by atoms with Gasteiger partial charge in [0.15, 0.2) is 0 Å². The molecule has 1 saturated heterocycles. The molecule has 2 aromatic rings. The highest BCUT2D eigenvalue weighted by molar-refractivity contribution is 5.59. The van der Waals surface area contributed by atoms with Crippen LogP contribution in [0.3, 0.4) is 0 Å². The Labute approximate surface area is 134 Å². The molecule has 1 aliphatic heterocycles. The standard InChI is InChI=1S/C17H19N3O3/c1-12-7-9-18-17(15(12)20(21)22)19-11-14-8-10-23-16(14)13-5-3-2-4-6-13/h2-7,9,14,16H,8,10-11H2,1H3,(H,18,19). The van der Waals surface area contributed by atoms with Gasteiger partial charge in [-0.25, -0.2) is 4.98 Å². The van der Waals surface area contributed by atoms with Crippen molar-refractivity contribution in [2.75, 3.05) is 18.5 Å². The number of ether oxygens (including phenoxy) is 1. The van der Waals surface area contributed by atoms with E-state index in [1.807, 2.05) is 18.2 Å². The van der Waals surface area contributed by atoms with Crippen LogP contribution >= 0.6 is 0 Å². The number of pyridine rings is 1. The average Bonchev–Trinajstić information content (AvgIpc) is 3.02. The second-order valence-corrected chi connectivity index (χ2v) is 5.71. The second kappa shape index (κ2) is 6.75. The molecule has 1 fully saturated rings. The van der Waals surface area contributed by atoms with Gasteiger partial charge in [0.05, 0.1) is 11.0 Å². The Balaban J connectivity index is 1.73. The van der Waals surface area contributed by atoms with E-state index in [1.54, 1.807) is 19.2 Å². The number of aryl methyl sites for hydroxylation is 1. The molecule has 0 aliphatic carbocycles. The van der Waals surface area contributed by atoms with Crippen molar-refractivity contribution in [3.05, 3.63) is 63.8 Å². The molecule has 1 aliphatic rings. The molecule has 2 atom stereocenters. The first-order chi connectivity index (χ1) is 11.2. The quantitative estimate of drug-likeness (QED) is 0.675. The zero-order valence-corrected chi connectivity index (χ0v) is 12.9. The third-order valence-corrected chi connectivity index (χ3v) is 4.18. The highest BCUT2D eigenvalue weighted by Crippen LogP contribution is 2.35. The molecule has 6 heteroatoms. The summed E-state index contributed by atoms with van der Waals surface area (Å²) in [7, 11) is 0. The Morgan fingerprint density at radius 1 is 1.35 bits per heavy atom. The summed E-state index contributed by atoms with van der Waals surface area (Å²) in [4.78, 5) is 15.0. The lowest BCUT2D eigenvalue weighted by atomic mass is 9.95. The molecule has 2 unspecified atom stereocenters. The van der Waals surface area contributed by atoms with Crippen LogP contribution in [0.25, 0.3) is 0 Å². The zero-order chi connectivity index (χ0) is 16.2. The first kappa shape index (κ1) is 15.4. The Morgan fingerprint density at radius 2 is 2.13 bits per heavy atom. The van der Waals surface area contributed by atoms with Gasteiger partial charge in [0.1, 0.15) is 0 Å². The minimum atomic E-state index is -0.384. The molecule has 1 N–H and O–H groups in total. The molecule has 3 rings (SSSR count). The number of hydrogen-bond acceptors (Lipinski definition) is 5. The number of anilines is 1. The summed E-state index contributed by atoms with van der Waals surface area (Å²) in [5.74, 6) is 0.591. The van der Waals surface area contributed by atoms with Crippen LogP contribution in [0.2, 0.25) is 0 Å². The number of nitrogens with one attached hydrogen (secondary N) is 1. The topological polar surface area (TPSA) is 77.3 Å². The lowest BCUT2D eigenvalue weighted by Gasteiger charge is -2.19. The zero-order valence-electron chi connectivity index (χ0n) is 12.9. The molecule has 1 aromatic carbocycles. The predicted octanol–water partition coefficient (Wildman–Crippen LogP) is 3.49. The molecule has 0 amide bonds. The summed E-state index contributed by atoms with van der Waals surface area (Å²) < 4.78 is 5.85. The Morgan fingerprint density at radius 3 is 2.87 bits per heavy atom. The van der Waals surface area contributed by atoms with Gasteiger partial charge in [-0.1, -0.05) is 30.3 Å². The summed E-state index contributed by atoms with van der Waals surface area (Å²) >= 11 is 0. The van der Waals surface area contributed by atoms with Gasteiger partial charge in [0.25, 0.3) is 0 Å². The van der Waals surface area contributed by atoms with Crippen LogP contribution in [0, 0.1) is 23.0 Å². The van der Waals surface area contributed by atoms with Crippen molar-refractivity contribution in [1.29, 1.82) is 0 Å². The van der Waals surface area contributed by atoms with Gasteiger partial charge in [-0.2, -0.15) is 0 Å². The largest absolute Gasteiger partial charge is 0.373 e. The fourth-order valence-electron chi connectivity index (χ4n) is 2.99. The van der Waals surface area contributed by atoms with Gasteiger partial charge in [-0.05, 0) is 25.0 Å². The van der Waals surface area contributed by atoms with Crippen LogP contribution in [-0.2, 0) is 4.74 Å². The van der Waals surface area contributed by atoms with E-state index in [0.717, 1.165) is 12.0 Å². The summed E-state index contributed by atoms with van der Waals surface area (Å²) in [6, 6.07) is 11.7. The number of nitrogens with zero attached hydrogens (tertiary/aromatic N) is 2. The molecule has 1 aromatic heterocycles. The molecular weight excluding hydrogens is 294 g/mol. The van der Waals surface area contributed by atoms with Crippen molar-refractivity contribution < 1.29 is 9.66 Å². The van der Waals surface area contributed by atoms with Crippen molar-refractivity contribution >= 4 is 11.5 Å². The van der Waals surface area contributed by atoms with E-state index in [9.17, 15) is 10.1 Å². The van der Waals surface area contributed by atoms with Crippen LogP contribution in [-0.4, -0.2) is 23.1 Å². The lowest BCUT2D eigenvalue weighted by molar-refractivity contribution is -0.384. The molecule has 0 saturated carbocycles. The number of hydrogen-bond donors (Lipinski definition) is 1. The Hall–Kier alpha value is -2.47. The Kier molecular flexibility index (Phi) is 4.52. The van der Waals surface area contributed by atoms with Gasteiger partial charge in [-0.3, -0.25) is 10.1 Å². The molecule has 0 spiro atoms. The fraction of sp³-hybridized carbons (Fsp3) is 0.353. The van der Waals surface area contributed by atoms with E-state index in [0.29, 0.717) is 24.5 Å². The van der Waals surface area contributed by atoms with Crippen molar-refractivity contribution in [3.63, 3.8) is 0 Å². The second-order valence-electron chi connectivity index (χ2n) is 5.71. The predicted molar refractivity (Wildman–Crippen MR) is 87.4 cm³/mol. The minimum absolute atomic E-state index is 0.0209. The molecule has 2 heterocycles. The van der Waals surface area contributed by atoms with Crippen molar-refractivity contribution in [2.24, 2.45) is 5.92 Å². The van der Waals surface area contributed by atoms with Crippen LogP contribution < -0.4 is 5.32 Å². The van der Waals surface area contributed by atoms with Crippen LogP contribution in [0.15, 0.2) is 42.6 Å². The third-order valence-electron chi connectivity index (χ3n) is 4.18. The normalized spacial score (nSPS) is 20.4. The van der Waals surface area contributed by atoms with E-state index in [4.69, 9.17) is 4.74 Å². The van der Waals surface area contributed by atoms with Gasteiger partial charge in [-0.15, -0.1) is 0 Å². The molecule has 6 nitrogen and oxygen atoms in total. The van der Waals surface area contributed by atoms with Crippen LogP contribution in [0.1, 0.15) is 23.7 Å². The number of aromatic nitrogens is 1. The van der Waals surface area contributed by atoms with E-state index in [1.165, 1.54) is 0 Å². The maximum Gasteiger partial charge on any atom is 0.314 e. The van der Waals surface area contributed by atoms with Crippen molar-refractivity contribution in [1.82, 2.24) is 4.98 Å². The van der Waals surface area contributed by atoms with Crippen molar-refractivity contribution in [2.45, 2.75) is 19.4 Å². The smallest absolute Gasteiger partial charge is 0.314 e. The lowest BCUT2D eigenvalue weighted by Crippen LogP contribution is -2.19. The molecule has 0 radical (unpaired) electrons. The van der Waals surface area contributed by atoms with E-state index >= 15 is 0 Å². The number of rotatable bonds is 5. The molecule has 23 heavy (non-hydrogen) atoms. The number of nitro groups is 1. The summed E-state index contributed by atoms with van der Waals surface area (Å²) in [5, 5.41) is 14.4. The van der Waals surface area contributed by atoms with Gasteiger partial charge < -0.3 is 10.1 Å². The minimum Gasteiger partial charge on any atom is -0.373 e. The highest BCUT2D eigenvalue weighted by atomic mass is 16.6. The maximum atomic E-state index is 11.2. The first-order valence-electron chi connectivity index (χ1n) is 7.67. The van der Waals surface area contributed by atoms with E-state index in [2.05, 4.69) is 22.4 Å². The molecule has 120 valence electrons. The monoisotopic (exact) mass is 313 g/mol. The van der Waals surface area contributed by atoms with Gasteiger partial charge in [0.2, 0.25) is 5.82 Å². The SMILES string of the molecule is Cc1ccnc(NCC2CCOC2c2ccccc2)c1[N+](=O)[O-]. The first-order valence-corrected chi connectivity index (χ1v) is 7.67. The Bertz CT molecular complexity index is 691. The summed E-state index contributed by atoms with van der Waals surface area (Å²) in [6.07, 6.45) is 2.53. The molecule has 0 bridgehead atoms. The maximum absolute atomic E-state index is 11.2. The van der Waals surface area contributed by atoms with Crippen LogP contribution in [0.5, 0.6) is 0 Å².